The van der Waals surface area contributed by atoms with Crippen LogP contribution in [0.15, 0.2) is 48.5 Å². The average Bonchev–Trinajstić information content (AvgIpc) is 3.14. The number of anilines is 4. The smallest absolute Gasteiger partial charge is 0.277 e. The lowest BCUT2D eigenvalue weighted by molar-refractivity contribution is -0.0365. The Bertz CT molecular complexity index is 1880. The number of benzene rings is 4. The standard InChI is InChI=1S/C19H20ClF2IN2O3.C18H18ClF2IN2O4/c1-3-4-12(26)9-28-25-19(27)13-8-14(20)16(21)17(22)18(13)24-15-6-5-11(23)7-10(15)2;1-9-5-10(22)3-4-14(9)23-17-12(6-13(19)15(20)16(17)21)18(26)24-28-8-11(25)7-27-2/h5-8,12,24,26H,3-4,9H2,1-2H3,(H,25,27);3-6,11,23,25H,7-8H2,1-2H3,(H,24,26). The summed E-state index contributed by atoms with van der Waals surface area (Å²) in [6.07, 6.45) is -0.455. The fourth-order valence-electron chi connectivity index (χ4n) is 4.77. The quantitative estimate of drug-likeness (QED) is 0.0280. The van der Waals surface area contributed by atoms with Gasteiger partial charge in [-0.3, -0.25) is 19.3 Å². The van der Waals surface area contributed by atoms with Crippen LogP contribution in [0.4, 0.5) is 40.3 Å². The van der Waals surface area contributed by atoms with Crippen molar-refractivity contribution in [2.45, 2.75) is 45.8 Å². The zero-order valence-electron chi connectivity index (χ0n) is 30.3. The molecular weight excluding hydrogens is 1010 g/mol. The Kier molecular flexibility index (Phi) is 19.3. The van der Waals surface area contributed by atoms with Crippen molar-refractivity contribution in [3.8, 4) is 0 Å². The van der Waals surface area contributed by atoms with Crippen molar-refractivity contribution < 1.29 is 51.8 Å². The lowest BCUT2D eigenvalue weighted by atomic mass is 10.1. The molecule has 4 aromatic carbocycles. The summed E-state index contributed by atoms with van der Waals surface area (Å²) in [5, 5.41) is 23.6. The minimum Gasteiger partial charge on any atom is -0.391 e. The van der Waals surface area contributed by atoms with Gasteiger partial charge in [0.1, 0.15) is 19.3 Å². The summed E-state index contributed by atoms with van der Waals surface area (Å²) in [5.74, 6) is -6.80. The molecule has 0 heterocycles. The third-order valence-corrected chi connectivity index (χ3v) is 9.46. The van der Waals surface area contributed by atoms with Crippen molar-refractivity contribution in [2.24, 2.45) is 0 Å². The zero-order chi connectivity index (χ0) is 41.7. The molecule has 0 bridgehead atoms. The maximum Gasteiger partial charge on any atom is 0.277 e. The van der Waals surface area contributed by atoms with Gasteiger partial charge in [-0.15, -0.1) is 0 Å². The molecule has 0 radical (unpaired) electrons. The number of nitrogens with one attached hydrogen (secondary N) is 4. The minimum atomic E-state index is -1.30. The van der Waals surface area contributed by atoms with Gasteiger partial charge in [0.05, 0.1) is 45.3 Å². The molecule has 0 saturated heterocycles. The topological polar surface area (TPSA) is 150 Å². The van der Waals surface area contributed by atoms with Crippen molar-refractivity contribution in [1.82, 2.24) is 11.0 Å². The maximum atomic E-state index is 14.5. The van der Waals surface area contributed by atoms with Gasteiger partial charge >= 0.3 is 0 Å². The van der Waals surface area contributed by atoms with Crippen LogP contribution in [0.2, 0.25) is 10.0 Å². The zero-order valence-corrected chi connectivity index (χ0v) is 36.1. The van der Waals surface area contributed by atoms with E-state index in [2.05, 4.69) is 66.8 Å². The fraction of sp³-hybridized carbons (Fsp3) is 0.297. The predicted octanol–water partition coefficient (Wildman–Crippen LogP) is 9.04. The molecule has 0 saturated carbocycles. The highest BCUT2D eigenvalue weighted by Gasteiger charge is 2.25. The van der Waals surface area contributed by atoms with Crippen molar-refractivity contribution >= 4 is 103 Å². The number of halogens is 8. The second kappa shape index (κ2) is 22.8. The molecule has 0 spiro atoms. The highest BCUT2D eigenvalue weighted by atomic mass is 127. The number of amides is 2. The maximum absolute atomic E-state index is 14.5. The van der Waals surface area contributed by atoms with Crippen LogP contribution in [0.3, 0.4) is 0 Å². The van der Waals surface area contributed by atoms with Crippen LogP contribution in [-0.4, -0.2) is 61.2 Å². The van der Waals surface area contributed by atoms with Gasteiger partial charge < -0.3 is 25.6 Å². The molecule has 0 aliphatic heterocycles. The summed E-state index contributed by atoms with van der Waals surface area (Å²) < 4.78 is 63.7. The third kappa shape index (κ3) is 13.5. The van der Waals surface area contributed by atoms with Gasteiger partial charge in [0, 0.05) is 25.6 Å². The number of carbonyl (C=O) groups is 2. The molecule has 2 unspecified atom stereocenters. The molecule has 11 nitrogen and oxygen atoms in total. The van der Waals surface area contributed by atoms with E-state index < -0.39 is 57.3 Å². The Labute approximate surface area is 358 Å². The van der Waals surface area contributed by atoms with Crippen LogP contribution >= 0.6 is 68.4 Å². The highest BCUT2D eigenvalue weighted by Crippen LogP contribution is 2.34. The normalized spacial score (nSPS) is 12.0. The fourth-order valence-corrected chi connectivity index (χ4v) is 6.45. The summed E-state index contributed by atoms with van der Waals surface area (Å²) >= 11 is 15.7. The van der Waals surface area contributed by atoms with Crippen molar-refractivity contribution in [1.29, 1.82) is 0 Å². The molecule has 0 fully saturated rings. The van der Waals surface area contributed by atoms with Crippen LogP contribution in [-0.2, 0) is 14.4 Å². The number of aliphatic hydroxyl groups is 2. The summed E-state index contributed by atoms with van der Waals surface area (Å²) in [4.78, 5) is 34.7. The monoisotopic (exact) mass is 1050 g/mol. The number of hydrogen-bond donors (Lipinski definition) is 6. The number of aliphatic hydroxyl groups excluding tert-OH is 2. The van der Waals surface area contributed by atoms with Gasteiger partial charge in [0.25, 0.3) is 11.8 Å². The Morgan fingerprint density at radius 2 is 1.11 bits per heavy atom. The van der Waals surface area contributed by atoms with Gasteiger partial charge in [-0.1, -0.05) is 36.5 Å². The number of rotatable bonds is 16. The average molecular weight is 1050 g/mol. The van der Waals surface area contributed by atoms with E-state index in [0.29, 0.717) is 17.8 Å². The molecule has 2 atom stereocenters. The van der Waals surface area contributed by atoms with Gasteiger partial charge in [0.15, 0.2) is 23.3 Å². The minimum absolute atomic E-state index is 0.00572. The van der Waals surface area contributed by atoms with Gasteiger partial charge in [-0.2, -0.15) is 0 Å². The first-order valence-electron chi connectivity index (χ1n) is 16.6. The molecule has 304 valence electrons. The Morgan fingerprint density at radius 1 is 0.696 bits per heavy atom. The molecule has 0 aromatic heterocycles. The van der Waals surface area contributed by atoms with Crippen molar-refractivity contribution in [3.05, 3.63) is 111 Å². The number of ether oxygens (including phenoxy) is 1. The van der Waals surface area contributed by atoms with Crippen LogP contribution in [0.5, 0.6) is 0 Å². The van der Waals surface area contributed by atoms with Crippen LogP contribution in [0.25, 0.3) is 0 Å². The first-order valence-corrected chi connectivity index (χ1v) is 19.5. The molecule has 4 rings (SSSR count). The summed E-state index contributed by atoms with van der Waals surface area (Å²) in [6, 6.07) is 12.7. The molecule has 4 aromatic rings. The number of hydroxylamine groups is 2. The largest absolute Gasteiger partial charge is 0.391 e. The van der Waals surface area contributed by atoms with E-state index in [1.807, 2.05) is 19.1 Å². The van der Waals surface area contributed by atoms with Crippen molar-refractivity contribution in [3.63, 3.8) is 0 Å². The molecule has 56 heavy (non-hydrogen) atoms. The second-order valence-corrected chi connectivity index (χ2v) is 15.3. The van der Waals surface area contributed by atoms with Gasteiger partial charge in [0.2, 0.25) is 0 Å². The Morgan fingerprint density at radius 3 is 1.48 bits per heavy atom. The van der Waals surface area contributed by atoms with Gasteiger partial charge in [-0.05, 0) is 125 Å². The lowest BCUT2D eigenvalue weighted by Crippen LogP contribution is -2.30. The molecule has 19 heteroatoms. The van der Waals surface area contributed by atoms with E-state index in [0.717, 1.165) is 36.8 Å². The van der Waals surface area contributed by atoms with E-state index in [1.54, 1.807) is 38.1 Å². The molecule has 0 aliphatic rings. The number of methoxy groups -OCH3 is 1. The third-order valence-electron chi connectivity index (χ3n) is 7.57. The molecule has 6 N–H and O–H groups in total. The number of hydrogen-bond acceptors (Lipinski definition) is 9. The van der Waals surface area contributed by atoms with Gasteiger partial charge in [-0.25, -0.2) is 28.5 Å². The molecule has 0 aliphatic carbocycles. The second-order valence-electron chi connectivity index (χ2n) is 12.0. The highest BCUT2D eigenvalue weighted by molar-refractivity contribution is 14.1. The van der Waals surface area contributed by atoms with E-state index >= 15 is 0 Å². The summed E-state index contributed by atoms with van der Waals surface area (Å²) in [6.45, 7) is 5.11. The number of aryl methyl sites for hydroxylation is 2. The lowest BCUT2D eigenvalue weighted by Gasteiger charge is -2.16. The van der Waals surface area contributed by atoms with Crippen LogP contribution in [0, 0.1) is 44.3 Å². The van der Waals surface area contributed by atoms with E-state index in [-0.39, 0.29) is 42.3 Å². The van der Waals surface area contributed by atoms with E-state index in [9.17, 15) is 37.4 Å². The molecular formula is C37H38Cl2F4I2N4O7. The van der Waals surface area contributed by atoms with E-state index in [4.69, 9.17) is 37.6 Å². The van der Waals surface area contributed by atoms with Crippen LogP contribution < -0.4 is 21.6 Å². The first kappa shape index (κ1) is 47.4. The SMILES string of the molecule is CCCC(O)CONC(=O)c1cc(Cl)c(F)c(F)c1Nc1ccc(I)cc1C.COCC(O)CONC(=O)c1cc(Cl)c(F)c(F)c1Nc1ccc(I)cc1C. The Balaban J connectivity index is 0.000000300. The molecule has 2 amide bonds. The number of carbonyl (C=O) groups excluding carboxylic acids is 2. The van der Waals surface area contributed by atoms with Crippen molar-refractivity contribution in [2.75, 3.05) is 37.6 Å². The van der Waals surface area contributed by atoms with Crippen LogP contribution in [0.1, 0.15) is 51.6 Å². The summed E-state index contributed by atoms with van der Waals surface area (Å²) in [7, 11) is 1.40. The van der Waals surface area contributed by atoms with E-state index in [1.165, 1.54) is 7.11 Å². The summed E-state index contributed by atoms with van der Waals surface area (Å²) in [5.41, 5.74) is 5.51. The Hall–Kier alpha value is -3.02. The predicted molar refractivity (Wildman–Crippen MR) is 223 cm³/mol. The first-order chi connectivity index (χ1) is 26.5.